The molecule has 2 rings (SSSR count). The number of hydrogen-bond acceptors (Lipinski definition) is 4. The van der Waals surface area contributed by atoms with Crippen LogP contribution in [0.3, 0.4) is 0 Å². The molecule has 2 aromatic rings. The summed E-state index contributed by atoms with van der Waals surface area (Å²) in [5, 5.41) is 11.7. The van der Waals surface area contributed by atoms with Gasteiger partial charge < -0.3 is 14.7 Å². The summed E-state index contributed by atoms with van der Waals surface area (Å²) < 4.78 is 12.2. The average Bonchev–Trinajstić information content (AvgIpc) is 2.48. The van der Waals surface area contributed by atoms with Crippen LogP contribution in [0.25, 0.3) is 0 Å². The van der Waals surface area contributed by atoms with E-state index in [-0.39, 0.29) is 0 Å². The van der Waals surface area contributed by atoms with Gasteiger partial charge in [0.1, 0.15) is 6.61 Å². The van der Waals surface area contributed by atoms with Crippen LogP contribution in [-0.2, 0) is 6.61 Å². The third-order valence-electron chi connectivity index (χ3n) is 2.76. The van der Waals surface area contributed by atoms with Crippen molar-refractivity contribution in [2.24, 2.45) is 5.16 Å². The van der Waals surface area contributed by atoms with Gasteiger partial charge in [0.2, 0.25) is 0 Å². The Hall–Kier alpha value is -2.01. The van der Waals surface area contributed by atoms with Crippen LogP contribution in [0.5, 0.6) is 11.5 Å². The van der Waals surface area contributed by atoms with E-state index in [0.29, 0.717) is 24.7 Å². The van der Waals surface area contributed by atoms with Crippen LogP contribution in [0.4, 0.5) is 0 Å². The van der Waals surface area contributed by atoms with E-state index in [1.165, 1.54) is 6.21 Å². The minimum absolute atomic E-state index is 0.451. The molecule has 5 heteroatoms. The largest absolute Gasteiger partial charge is 0.490 e. The molecule has 0 amide bonds. The molecule has 0 heterocycles. The Morgan fingerprint density at radius 3 is 2.62 bits per heavy atom. The first-order valence-electron chi connectivity index (χ1n) is 6.55. The Bertz CT molecular complexity index is 614. The van der Waals surface area contributed by atoms with Gasteiger partial charge in [-0.05, 0) is 40.5 Å². The second-order valence-corrected chi connectivity index (χ2v) is 5.14. The standard InChI is InChI=1S/C16H16BrNO3/c1-2-20-15-9-13(10-18-19)8-14(17)16(15)21-11-12-6-4-3-5-7-12/h3-10,19H,2,11H2,1H3/b18-10+. The van der Waals surface area contributed by atoms with Crippen molar-refractivity contribution < 1.29 is 14.7 Å². The Kier molecular flexibility index (Phi) is 5.63. The van der Waals surface area contributed by atoms with Gasteiger partial charge >= 0.3 is 0 Å². The van der Waals surface area contributed by atoms with Crippen LogP contribution in [0.2, 0.25) is 0 Å². The molecular formula is C16H16BrNO3. The van der Waals surface area contributed by atoms with Crippen molar-refractivity contribution in [1.29, 1.82) is 0 Å². The van der Waals surface area contributed by atoms with E-state index < -0.39 is 0 Å². The highest BCUT2D eigenvalue weighted by molar-refractivity contribution is 9.10. The lowest BCUT2D eigenvalue weighted by Gasteiger charge is -2.14. The van der Waals surface area contributed by atoms with Gasteiger partial charge in [-0.3, -0.25) is 0 Å². The first-order valence-corrected chi connectivity index (χ1v) is 7.34. The molecule has 110 valence electrons. The highest BCUT2D eigenvalue weighted by Crippen LogP contribution is 2.37. The molecule has 0 radical (unpaired) electrons. The molecule has 0 bridgehead atoms. The number of benzene rings is 2. The summed E-state index contributed by atoms with van der Waals surface area (Å²) in [6.07, 6.45) is 1.34. The molecule has 0 spiro atoms. The van der Waals surface area contributed by atoms with Crippen molar-refractivity contribution in [3.63, 3.8) is 0 Å². The van der Waals surface area contributed by atoms with Crippen molar-refractivity contribution in [3.05, 3.63) is 58.1 Å². The average molecular weight is 350 g/mol. The topological polar surface area (TPSA) is 51.0 Å². The fourth-order valence-corrected chi connectivity index (χ4v) is 2.44. The lowest BCUT2D eigenvalue weighted by molar-refractivity contribution is 0.267. The molecule has 1 N–H and O–H groups in total. The summed E-state index contributed by atoms with van der Waals surface area (Å²) in [5.74, 6) is 1.24. The Labute approximate surface area is 132 Å². The maximum Gasteiger partial charge on any atom is 0.175 e. The molecule has 0 saturated carbocycles. The lowest BCUT2D eigenvalue weighted by atomic mass is 10.2. The zero-order chi connectivity index (χ0) is 15.1. The number of oxime groups is 1. The van der Waals surface area contributed by atoms with Crippen molar-refractivity contribution >= 4 is 22.1 Å². The van der Waals surface area contributed by atoms with Crippen LogP contribution in [-0.4, -0.2) is 18.0 Å². The molecule has 0 aliphatic rings. The van der Waals surface area contributed by atoms with Crippen molar-refractivity contribution in [2.45, 2.75) is 13.5 Å². The molecule has 2 aromatic carbocycles. The van der Waals surface area contributed by atoms with Gasteiger partial charge in [0.25, 0.3) is 0 Å². The maximum atomic E-state index is 8.63. The zero-order valence-corrected chi connectivity index (χ0v) is 13.2. The minimum Gasteiger partial charge on any atom is -0.490 e. The molecular weight excluding hydrogens is 334 g/mol. The molecule has 0 aliphatic carbocycles. The van der Waals surface area contributed by atoms with Crippen LogP contribution in [0.1, 0.15) is 18.1 Å². The highest BCUT2D eigenvalue weighted by atomic mass is 79.9. The van der Waals surface area contributed by atoms with E-state index in [4.69, 9.17) is 14.7 Å². The molecule has 21 heavy (non-hydrogen) atoms. The quantitative estimate of drug-likeness (QED) is 0.482. The monoisotopic (exact) mass is 349 g/mol. The molecule has 0 unspecified atom stereocenters. The summed E-state index contributed by atoms with van der Waals surface area (Å²) in [5.41, 5.74) is 1.80. The predicted octanol–water partition coefficient (Wildman–Crippen LogP) is 4.23. The van der Waals surface area contributed by atoms with Crippen LogP contribution in [0.15, 0.2) is 52.1 Å². The molecule has 0 aliphatic heterocycles. The lowest BCUT2D eigenvalue weighted by Crippen LogP contribution is -2.01. The number of rotatable bonds is 6. The zero-order valence-electron chi connectivity index (χ0n) is 11.6. The molecule has 0 fully saturated rings. The third kappa shape index (κ3) is 4.23. The fourth-order valence-electron chi connectivity index (χ4n) is 1.86. The third-order valence-corrected chi connectivity index (χ3v) is 3.35. The Balaban J connectivity index is 2.24. The maximum absolute atomic E-state index is 8.63. The number of nitrogens with zero attached hydrogens (tertiary/aromatic N) is 1. The summed E-state index contributed by atoms with van der Waals surface area (Å²) in [4.78, 5) is 0. The van der Waals surface area contributed by atoms with E-state index in [9.17, 15) is 0 Å². The van der Waals surface area contributed by atoms with Gasteiger partial charge in [-0.15, -0.1) is 0 Å². The fraction of sp³-hybridized carbons (Fsp3) is 0.188. The predicted molar refractivity (Wildman–Crippen MR) is 85.5 cm³/mol. The van der Waals surface area contributed by atoms with E-state index in [1.807, 2.05) is 43.3 Å². The molecule has 0 saturated heterocycles. The summed E-state index contributed by atoms with van der Waals surface area (Å²) in [7, 11) is 0. The minimum atomic E-state index is 0.451. The first-order chi connectivity index (χ1) is 10.2. The SMILES string of the molecule is CCOc1cc(/C=N/O)cc(Br)c1OCc1ccccc1. The normalized spacial score (nSPS) is 10.8. The van der Waals surface area contributed by atoms with Crippen molar-refractivity contribution in [1.82, 2.24) is 0 Å². The van der Waals surface area contributed by atoms with Gasteiger partial charge in [0.15, 0.2) is 11.5 Å². The second kappa shape index (κ2) is 7.69. The van der Waals surface area contributed by atoms with Crippen LogP contribution < -0.4 is 9.47 Å². The van der Waals surface area contributed by atoms with E-state index in [1.54, 1.807) is 6.07 Å². The van der Waals surface area contributed by atoms with Gasteiger partial charge in [0, 0.05) is 5.56 Å². The number of ether oxygens (including phenoxy) is 2. The van der Waals surface area contributed by atoms with Crippen LogP contribution in [0, 0.1) is 0 Å². The summed E-state index contributed by atoms with van der Waals surface area (Å²) >= 11 is 3.46. The van der Waals surface area contributed by atoms with Crippen molar-refractivity contribution in [3.8, 4) is 11.5 Å². The smallest absolute Gasteiger partial charge is 0.175 e. The second-order valence-electron chi connectivity index (χ2n) is 4.28. The highest BCUT2D eigenvalue weighted by Gasteiger charge is 2.12. The summed E-state index contributed by atoms with van der Waals surface area (Å²) in [6.45, 7) is 2.88. The first kappa shape index (κ1) is 15.4. The number of halogens is 1. The Morgan fingerprint density at radius 1 is 1.19 bits per heavy atom. The van der Waals surface area contributed by atoms with E-state index >= 15 is 0 Å². The van der Waals surface area contributed by atoms with Crippen molar-refractivity contribution in [2.75, 3.05) is 6.61 Å². The Morgan fingerprint density at radius 2 is 1.95 bits per heavy atom. The van der Waals surface area contributed by atoms with E-state index in [0.717, 1.165) is 15.6 Å². The molecule has 4 nitrogen and oxygen atoms in total. The molecule has 0 aromatic heterocycles. The van der Waals surface area contributed by atoms with E-state index in [2.05, 4.69) is 21.1 Å². The molecule has 0 atom stereocenters. The number of hydrogen-bond donors (Lipinski definition) is 1. The van der Waals surface area contributed by atoms with Gasteiger partial charge in [-0.2, -0.15) is 0 Å². The van der Waals surface area contributed by atoms with Gasteiger partial charge in [0.05, 0.1) is 17.3 Å². The van der Waals surface area contributed by atoms with Gasteiger partial charge in [-0.1, -0.05) is 35.5 Å². The van der Waals surface area contributed by atoms with Crippen LogP contribution >= 0.6 is 15.9 Å². The van der Waals surface area contributed by atoms with Gasteiger partial charge in [-0.25, -0.2) is 0 Å². The summed E-state index contributed by atoms with van der Waals surface area (Å²) in [6, 6.07) is 13.5.